The normalized spacial score (nSPS) is 24.0. The van der Waals surface area contributed by atoms with Crippen molar-refractivity contribution in [2.24, 2.45) is 5.41 Å². The topological polar surface area (TPSA) is 23.5 Å². The first-order valence-corrected chi connectivity index (χ1v) is 6.06. The molecule has 1 unspecified atom stereocenters. The largest absolute Gasteiger partial charge is 0.392 e. The van der Waals surface area contributed by atoms with Crippen molar-refractivity contribution in [3.05, 3.63) is 0 Å². The second-order valence-electron chi connectivity index (χ2n) is 4.75. The Hall–Kier alpha value is -0.0800. The Morgan fingerprint density at radius 2 is 1.93 bits per heavy atom. The van der Waals surface area contributed by atoms with Crippen LogP contribution in [0.2, 0.25) is 0 Å². The molecule has 84 valence electrons. The van der Waals surface area contributed by atoms with Gasteiger partial charge in [-0.15, -0.1) is 0 Å². The van der Waals surface area contributed by atoms with Gasteiger partial charge in [-0.2, -0.15) is 0 Å². The molecule has 1 atom stereocenters. The van der Waals surface area contributed by atoms with Crippen molar-refractivity contribution in [2.75, 3.05) is 19.6 Å². The Balaban J connectivity index is 2.40. The highest BCUT2D eigenvalue weighted by molar-refractivity contribution is 4.88. The number of hydrogen-bond acceptors (Lipinski definition) is 2. The first kappa shape index (κ1) is 12.0. The van der Waals surface area contributed by atoms with Gasteiger partial charge < -0.3 is 10.0 Å². The highest BCUT2D eigenvalue weighted by Gasteiger charge is 2.34. The second-order valence-corrected chi connectivity index (χ2v) is 4.75. The fourth-order valence-corrected chi connectivity index (χ4v) is 2.44. The standard InChI is InChI=1S/C12H25NO/c1-4-11(14)9-13-8-7-12(5-2,6-3)10-13/h11,14H,4-10H2,1-3H3. The van der Waals surface area contributed by atoms with Crippen molar-refractivity contribution >= 4 is 0 Å². The van der Waals surface area contributed by atoms with Crippen LogP contribution in [0, 0.1) is 5.41 Å². The van der Waals surface area contributed by atoms with Crippen LogP contribution in [-0.4, -0.2) is 35.7 Å². The molecule has 0 bridgehead atoms. The van der Waals surface area contributed by atoms with Gasteiger partial charge in [0, 0.05) is 13.1 Å². The van der Waals surface area contributed by atoms with Crippen LogP contribution in [0.1, 0.15) is 46.5 Å². The molecule has 0 aromatic carbocycles. The van der Waals surface area contributed by atoms with Crippen LogP contribution in [0.3, 0.4) is 0 Å². The van der Waals surface area contributed by atoms with Crippen molar-refractivity contribution in [1.82, 2.24) is 4.90 Å². The Bertz CT molecular complexity index is 166. The van der Waals surface area contributed by atoms with Crippen LogP contribution in [0.25, 0.3) is 0 Å². The SMILES string of the molecule is CCC(O)CN1CCC(CC)(CC)C1. The molecule has 0 aliphatic carbocycles. The van der Waals surface area contributed by atoms with Crippen LogP contribution in [0.15, 0.2) is 0 Å². The lowest BCUT2D eigenvalue weighted by Gasteiger charge is -2.27. The van der Waals surface area contributed by atoms with E-state index >= 15 is 0 Å². The smallest absolute Gasteiger partial charge is 0.0664 e. The molecule has 0 saturated carbocycles. The minimum Gasteiger partial charge on any atom is -0.392 e. The van der Waals surface area contributed by atoms with Crippen molar-refractivity contribution < 1.29 is 5.11 Å². The number of nitrogens with zero attached hydrogens (tertiary/aromatic N) is 1. The van der Waals surface area contributed by atoms with Crippen molar-refractivity contribution in [3.63, 3.8) is 0 Å². The number of aliphatic hydroxyl groups excluding tert-OH is 1. The molecule has 1 N–H and O–H groups in total. The molecule has 1 heterocycles. The van der Waals surface area contributed by atoms with E-state index < -0.39 is 0 Å². The third-order valence-electron chi connectivity index (χ3n) is 3.96. The van der Waals surface area contributed by atoms with E-state index in [0.717, 1.165) is 13.0 Å². The maximum absolute atomic E-state index is 9.59. The highest BCUT2D eigenvalue weighted by atomic mass is 16.3. The lowest BCUT2D eigenvalue weighted by atomic mass is 9.82. The van der Waals surface area contributed by atoms with Crippen LogP contribution in [-0.2, 0) is 0 Å². The average Bonchev–Trinajstić information content (AvgIpc) is 2.62. The predicted molar refractivity (Wildman–Crippen MR) is 60.4 cm³/mol. The molecule has 0 amide bonds. The molecule has 14 heavy (non-hydrogen) atoms. The quantitative estimate of drug-likeness (QED) is 0.734. The summed E-state index contributed by atoms with van der Waals surface area (Å²) in [4.78, 5) is 2.43. The summed E-state index contributed by atoms with van der Waals surface area (Å²) in [7, 11) is 0. The van der Waals surface area contributed by atoms with E-state index in [1.54, 1.807) is 0 Å². The summed E-state index contributed by atoms with van der Waals surface area (Å²) in [6.45, 7) is 9.88. The number of rotatable bonds is 5. The van der Waals surface area contributed by atoms with E-state index in [1.807, 2.05) is 6.92 Å². The van der Waals surface area contributed by atoms with Gasteiger partial charge in [-0.25, -0.2) is 0 Å². The number of aliphatic hydroxyl groups is 1. The molecule has 0 spiro atoms. The summed E-state index contributed by atoms with van der Waals surface area (Å²) in [6.07, 6.45) is 4.63. The molecule has 2 heteroatoms. The van der Waals surface area contributed by atoms with E-state index in [-0.39, 0.29) is 6.10 Å². The van der Waals surface area contributed by atoms with Gasteiger partial charge in [-0.1, -0.05) is 20.8 Å². The van der Waals surface area contributed by atoms with Crippen LogP contribution >= 0.6 is 0 Å². The zero-order chi connectivity index (χ0) is 10.6. The summed E-state index contributed by atoms with van der Waals surface area (Å²) in [5, 5.41) is 9.59. The van der Waals surface area contributed by atoms with Crippen molar-refractivity contribution in [3.8, 4) is 0 Å². The second kappa shape index (κ2) is 5.13. The molecule has 0 aromatic heterocycles. The molecule has 1 saturated heterocycles. The van der Waals surface area contributed by atoms with Gasteiger partial charge in [0.2, 0.25) is 0 Å². The zero-order valence-electron chi connectivity index (χ0n) is 9.92. The predicted octanol–water partition coefficient (Wildman–Crippen LogP) is 2.27. The number of likely N-dealkylation sites (tertiary alicyclic amines) is 1. The lowest BCUT2D eigenvalue weighted by Crippen LogP contribution is -2.32. The van der Waals surface area contributed by atoms with Crippen LogP contribution < -0.4 is 0 Å². The molecular formula is C12H25NO. The van der Waals surface area contributed by atoms with Gasteiger partial charge in [0.25, 0.3) is 0 Å². The fraction of sp³-hybridized carbons (Fsp3) is 1.00. The monoisotopic (exact) mass is 199 g/mol. The van der Waals surface area contributed by atoms with E-state index in [9.17, 15) is 5.11 Å². The first-order valence-electron chi connectivity index (χ1n) is 6.06. The highest BCUT2D eigenvalue weighted by Crippen LogP contribution is 2.36. The Kier molecular flexibility index (Phi) is 4.39. The Morgan fingerprint density at radius 1 is 1.29 bits per heavy atom. The van der Waals surface area contributed by atoms with Gasteiger partial charge in [0.1, 0.15) is 0 Å². The molecule has 1 rings (SSSR count). The van der Waals surface area contributed by atoms with Crippen LogP contribution in [0.4, 0.5) is 0 Å². The third-order valence-corrected chi connectivity index (χ3v) is 3.96. The number of hydrogen-bond donors (Lipinski definition) is 1. The Labute approximate surface area is 88.3 Å². The summed E-state index contributed by atoms with van der Waals surface area (Å²) < 4.78 is 0. The molecule has 1 fully saturated rings. The fourth-order valence-electron chi connectivity index (χ4n) is 2.44. The number of β-amino-alcohol motifs (C(OH)–C–C–N with tert-alkyl or cyclic N) is 1. The maximum atomic E-state index is 9.59. The summed E-state index contributed by atoms with van der Waals surface area (Å²) in [5.74, 6) is 0. The van der Waals surface area contributed by atoms with E-state index in [0.29, 0.717) is 5.41 Å². The summed E-state index contributed by atoms with van der Waals surface area (Å²) in [6, 6.07) is 0. The molecule has 2 nitrogen and oxygen atoms in total. The van der Waals surface area contributed by atoms with Gasteiger partial charge in [-0.05, 0) is 37.6 Å². The molecule has 1 aliphatic heterocycles. The average molecular weight is 199 g/mol. The Morgan fingerprint density at radius 3 is 2.36 bits per heavy atom. The van der Waals surface area contributed by atoms with Crippen molar-refractivity contribution in [2.45, 2.75) is 52.6 Å². The molecular weight excluding hydrogens is 174 g/mol. The van der Waals surface area contributed by atoms with E-state index in [2.05, 4.69) is 18.7 Å². The minimum atomic E-state index is -0.125. The molecule has 1 aliphatic rings. The van der Waals surface area contributed by atoms with Gasteiger partial charge >= 0.3 is 0 Å². The summed E-state index contributed by atoms with van der Waals surface area (Å²) in [5.41, 5.74) is 0.549. The lowest BCUT2D eigenvalue weighted by molar-refractivity contribution is 0.113. The van der Waals surface area contributed by atoms with Gasteiger partial charge in [0.05, 0.1) is 6.10 Å². The van der Waals surface area contributed by atoms with E-state index in [1.165, 1.54) is 32.4 Å². The molecule has 0 radical (unpaired) electrons. The van der Waals surface area contributed by atoms with Gasteiger partial charge in [0.15, 0.2) is 0 Å². The van der Waals surface area contributed by atoms with Crippen molar-refractivity contribution in [1.29, 1.82) is 0 Å². The zero-order valence-corrected chi connectivity index (χ0v) is 9.92. The van der Waals surface area contributed by atoms with Crippen LogP contribution in [0.5, 0.6) is 0 Å². The third kappa shape index (κ3) is 2.71. The molecule has 0 aromatic rings. The maximum Gasteiger partial charge on any atom is 0.0664 e. The first-order chi connectivity index (χ1) is 6.65. The summed E-state index contributed by atoms with van der Waals surface area (Å²) >= 11 is 0. The van der Waals surface area contributed by atoms with Gasteiger partial charge in [-0.3, -0.25) is 0 Å². The minimum absolute atomic E-state index is 0.125. The van der Waals surface area contributed by atoms with E-state index in [4.69, 9.17) is 0 Å².